The van der Waals surface area contributed by atoms with Crippen molar-refractivity contribution in [3.05, 3.63) is 29.8 Å². The number of rotatable bonds is 8. The summed E-state index contributed by atoms with van der Waals surface area (Å²) in [6.07, 6.45) is 6.58. The largest absolute Gasteiger partial charge is 0.356 e. The number of carbonyl (C=O) groups is 2. The average Bonchev–Trinajstić information content (AvgIpc) is 2.65. The van der Waals surface area contributed by atoms with Crippen molar-refractivity contribution in [2.75, 3.05) is 11.9 Å². The zero-order chi connectivity index (χ0) is 18.9. The standard InChI is InChI=1S/C22H34N2O2/c1-4-5-8-15-23-21(25)17-11-13-18(14-12-17)22(26)24-20-10-7-6-9-19(20)16(2)3/h6-7,9-10,16-18H,4-5,8,11-15H2,1-3H3,(H,23,25)(H,24,26). The van der Waals surface area contributed by atoms with Gasteiger partial charge < -0.3 is 10.6 Å². The molecule has 1 aromatic rings. The van der Waals surface area contributed by atoms with Crippen molar-refractivity contribution in [1.29, 1.82) is 0 Å². The van der Waals surface area contributed by atoms with Crippen LogP contribution in [0, 0.1) is 11.8 Å². The molecule has 0 bridgehead atoms. The van der Waals surface area contributed by atoms with E-state index in [2.05, 4.69) is 37.5 Å². The van der Waals surface area contributed by atoms with Crippen LogP contribution < -0.4 is 10.6 Å². The SMILES string of the molecule is CCCCCNC(=O)C1CCC(C(=O)Nc2ccccc2C(C)C)CC1. The van der Waals surface area contributed by atoms with Crippen molar-refractivity contribution in [1.82, 2.24) is 5.32 Å². The molecule has 2 rings (SSSR count). The monoisotopic (exact) mass is 358 g/mol. The van der Waals surface area contributed by atoms with Gasteiger partial charge in [-0.15, -0.1) is 0 Å². The van der Waals surface area contributed by atoms with E-state index < -0.39 is 0 Å². The van der Waals surface area contributed by atoms with Crippen LogP contribution in [0.3, 0.4) is 0 Å². The van der Waals surface area contributed by atoms with Gasteiger partial charge >= 0.3 is 0 Å². The van der Waals surface area contributed by atoms with Crippen molar-refractivity contribution in [3.63, 3.8) is 0 Å². The smallest absolute Gasteiger partial charge is 0.227 e. The lowest BCUT2D eigenvalue weighted by atomic mass is 9.81. The molecule has 2 amide bonds. The zero-order valence-corrected chi connectivity index (χ0v) is 16.5. The molecule has 0 radical (unpaired) electrons. The molecule has 144 valence electrons. The molecule has 0 aliphatic heterocycles. The summed E-state index contributed by atoms with van der Waals surface area (Å²) in [5, 5.41) is 6.17. The van der Waals surface area contributed by atoms with E-state index in [0.717, 1.165) is 57.2 Å². The van der Waals surface area contributed by atoms with Crippen LogP contribution in [0.25, 0.3) is 0 Å². The normalized spacial score (nSPS) is 20.0. The lowest BCUT2D eigenvalue weighted by Gasteiger charge is -2.27. The van der Waals surface area contributed by atoms with E-state index in [1.54, 1.807) is 0 Å². The molecule has 0 unspecified atom stereocenters. The molecule has 4 nitrogen and oxygen atoms in total. The second kappa shape index (κ2) is 10.3. The van der Waals surface area contributed by atoms with Crippen LogP contribution in [-0.4, -0.2) is 18.4 Å². The number of carbonyl (C=O) groups excluding carboxylic acids is 2. The van der Waals surface area contributed by atoms with Crippen LogP contribution in [0.4, 0.5) is 5.69 Å². The number of para-hydroxylation sites is 1. The molecule has 0 spiro atoms. The van der Waals surface area contributed by atoms with Crippen molar-refractivity contribution in [3.8, 4) is 0 Å². The van der Waals surface area contributed by atoms with Crippen molar-refractivity contribution < 1.29 is 9.59 Å². The Morgan fingerprint density at radius 1 is 1.00 bits per heavy atom. The fourth-order valence-electron chi connectivity index (χ4n) is 3.70. The molecule has 1 aliphatic carbocycles. The van der Waals surface area contributed by atoms with E-state index in [0.29, 0.717) is 5.92 Å². The summed E-state index contributed by atoms with van der Waals surface area (Å²) in [5.41, 5.74) is 2.09. The number of hydrogen-bond donors (Lipinski definition) is 2. The fourth-order valence-corrected chi connectivity index (χ4v) is 3.70. The summed E-state index contributed by atoms with van der Waals surface area (Å²) in [7, 11) is 0. The second-order valence-corrected chi connectivity index (χ2v) is 7.78. The highest BCUT2D eigenvalue weighted by Gasteiger charge is 2.30. The fraction of sp³-hybridized carbons (Fsp3) is 0.636. The van der Waals surface area contributed by atoms with Crippen LogP contribution in [0.1, 0.15) is 77.2 Å². The van der Waals surface area contributed by atoms with Gasteiger partial charge in [-0.2, -0.15) is 0 Å². The lowest BCUT2D eigenvalue weighted by molar-refractivity contribution is -0.128. The number of benzene rings is 1. The summed E-state index contributed by atoms with van der Waals surface area (Å²) < 4.78 is 0. The van der Waals surface area contributed by atoms with Gasteiger partial charge in [-0.05, 0) is 49.7 Å². The highest BCUT2D eigenvalue weighted by molar-refractivity contribution is 5.93. The summed E-state index contributed by atoms with van der Waals surface area (Å²) in [5.74, 6) is 0.728. The van der Waals surface area contributed by atoms with E-state index in [1.807, 2.05) is 18.2 Å². The predicted molar refractivity (Wildman–Crippen MR) is 107 cm³/mol. The molecule has 4 heteroatoms. The maximum absolute atomic E-state index is 12.7. The summed E-state index contributed by atoms with van der Waals surface area (Å²) in [6.45, 7) is 7.21. The Morgan fingerprint density at radius 3 is 2.23 bits per heavy atom. The third kappa shape index (κ3) is 5.86. The van der Waals surface area contributed by atoms with E-state index in [1.165, 1.54) is 5.56 Å². The minimum Gasteiger partial charge on any atom is -0.356 e. The minimum atomic E-state index is 0.0133. The summed E-state index contributed by atoms with van der Waals surface area (Å²) >= 11 is 0. The first kappa shape index (κ1) is 20.5. The van der Waals surface area contributed by atoms with Gasteiger partial charge in [0.25, 0.3) is 0 Å². The quantitative estimate of drug-likeness (QED) is 0.652. The topological polar surface area (TPSA) is 58.2 Å². The van der Waals surface area contributed by atoms with E-state index >= 15 is 0 Å². The van der Waals surface area contributed by atoms with Gasteiger partial charge in [0, 0.05) is 24.1 Å². The summed E-state index contributed by atoms with van der Waals surface area (Å²) in [4.78, 5) is 24.9. The van der Waals surface area contributed by atoms with Gasteiger partial charge in [0.05, 0.1) is 0 Å². The molecule has 0 saturated heterocycles. The van der Waals surface area contributed by atoms with Gasteiger partial charge in [0.2, 0.25) is 11.8 Å². The molecular formula is C22H34N2O2. The van der Waals surface area contributed by atoms with Crippen molar-refractivity contribution in [2.45, 2.75) is 71.6 Å². The van der Waals surface area contributed by atoms with E-state index in [4.69, 9.17) is 0 Å². The maximum Gasteiger partial charge on any atom is 0.227 e. The van der Waals surface area contributed by atoms with Crippen LogP contribution in [0.2, 0.25) is 0 Å². The molecule has 0 atom stereocenters. The Labute approximate surface area is 158 Å². The molecule has 26 heavy (non-hydrogen) atoms. The van der Waals surface area contributed by atoms with E-state index in [-0.39, 0.29) is 23.7 Å². The van der Waals surface area contributed by atoms with Gasteiger partial charge in [0.15, 0.2) is 0 Å². The number of unbranched alkanes of at least 4 members (excludes halogenated alkanes) is 2. The highest BCUT2D eigenvalue weighted by Crippen LogP contribution is 2.31. The molecule has 0 heterocycles. The first-order valence-corrected chi connectivity index (χ1v) is 10.2. The minimum absolute atomic E-state index is 0.0133. The van der Waals surface area contributed by atoms with Crippen molar-refractivity contribution in [2.24, 2.45) is 11.8 Å². The van der Waals surface area contributed by atoms with E-state index in [9.17, 15) is 9.59 Å². The first-order valence-electron chi connectivity index (χ1n) is 10.2. The molecule has 1 aliphatic rings. The third-order valence-corrected chi connectivity index (χ3v) is 5.39. The third-order valence-electron chi connectivity index (χ3n) is 5.39. The second-order valence-electron chi connectivity index (χ2n) is 7.78. The average molecular weight is 359 g/mol. The Morgan fingerprint density at radius 2 is 1.62 bits per heavy atom. The highest BCUT2D eigenvalue weighted by atomic mass is 16.2. The van der Waals surface area contributed by atoms with Gasteiger partial charge in [-0.25, -0.2) is 0 Å². The van der Waals surface area contributed by atoms with Gasteiger partial charge in [-0.3, -0.25) is 9.59 Å². The number of nitrogens with one attached hydrogen (secondary N) is 2. The number of anilines is 1. The number of amides is 2. The van der Waals surface area contributed by atoms with Gasteiger partial charge in [0.1, 0.15) is 0 Å². The molecular weight excluding hydrogens is 324 g/mol. The Kier molecular flexibility index (Phi) is 8.14. The lowest BCUT2D eigenvalue weighted by Crippen LogP contribution is -2.36. The molecule has 1 fully saturated rings. The first-order chi connectivity index (χ1) is 12.5. The molecule has 0 aromatic heterocycles. The molecule has 2 N–H and O–H groups in total. The predicted octanol–water partition coefficient (Wildman–Crippen LogP) is 4.86. The Balaban J connectivity index is 1.80. The summed E-state index contributed by atoms with van der Waals surface area (Å²) in [6, 6.07) is 8.01. The number of hydrogen-bond acceptors (Lipinski definition) is 2. The van der Waals surface area contributed by atoms with Crippen LogP contribution in [0.15, 0.2) is 24.3 Å². The Bertz CT molecular complexity index is 590. The maximum atomic E-state index is 12.7. The van der Waals surface area contributed by atoms with Crippen LogP contribution in [0.5, 0.6) is 0 Å². The van der Waals surface area contributed by atoms with Gasteiger partial charge in [-0.1, -0.05) is 51.8 Å². The Hall–Kier alpha value is -1.84. The molecule has 1 aromatic carbocycles. The zero-order valence-electron chi connectivity index (χ0n) is 16.5. The van der Waals surface area contributed by atoms with Crippen LogP contribution in [-0.2, 0) is 9.59 Å². The van der Waals surface area contributed by atoms with Crippen molar-refractivity contribution >= 4 is 17.5 Å². The molecule has 1 saturated carbocycles. The van der Waals surface area contributed by atoms with Crippen LogP contribution >= 0.6 is 0 Å².